The van der Waals surface area contributed by atoms with Crippen molar-refractivity contribution in [2.45, 2.75) is 32.5 Å². The number of anilines is 2. The summed E-state index contributed by atoms with van der Waals surface area (Å²) >= 11 is 5.88. The number of hydrogen-bond acceptors (Lipinski definition) is 5. The molecule has 1 aliphatic rings. The lowest BCUT2D eigenvalue weighted by molar-refractivity contribution is -0.138. The molecule has 2 atom stereocenters. The maximum absolute atomic E-state index is 13.0. The van der Waals surface area contributed by atoms with Gasteiger partial charge < -0.3 is 10.2 Å². The second-order valence-electron chi connectivity index (χ2n) is 7.15. The molecule has 3 heterocycles. The van der Waals surface area contributed by atoms with E-state index in [1.165, 1.54) is 22.1 Å². The van der Waals surface area contributed by atoms with Crippen LogP contribution >= 0.6 is 11.6 Å². The Labute approximate surface area is 181 Å². The van der Waals surface area contributed by atoms with E-state index in [2.05, 4.69) is 20.3 Å². The van der Waals surface area contributed by atoms with Gasteiger partial charge in [-0.1, -0.05) is 31.9 Å². The van der Waals surface area contributed by atoms with Gasteiger partial charge in [-0.05, 0) is 18.1 Å². The summed E-state index contributed by atoms with van der Waals surface area (Å²) in [7, 11) is 0. The zero-order valence-corrected chi connectivity index (χ0v) is 17.5. The molecular formula is C19H20ClF3N6O2. The number of carbonyl (C=O) groups excluding carboxylic acids is 2. The van der Waals surface area contributed by atoms with Crippen LogP contribution in [0.1, 0.15) is 25.8 Å². The lowest BCUT2D eigenvalue weighted by atomic mass is 9.99. The molecular weight excluding hydrogens is 437 g/mol. The Hall–Kier alpha value is -2.95. The van der Waals surface area contributed by atoms with Crippen LogP contribution in [0.25, 0.3) is 0 Å². The van der Waals surface area contributed by atoms with Crippen molar-refractivity contribution in [1.29, 1.82) is 0 Å². The Balaban J connectivity index is 1.78. The first-order valence-electron chi connectivity index (χ1n) is 9.49. The Bertz CT molecular complexity index is 956. The van der Waals surface area contributed by atoms with Gasteiger partial charge in [-0.2, -0.15) is 13.2 Å². The molecule has 2 aromatic heterocycles. The number of aromatic nitrogens is 3. The number of alkyl halides is 3. The van der Waals surface area contributed by atoms with E-state index in [4.69, 9.17) is 11.6 Å². The molecule has 0 saturated carbocycles. The first-order chi connectivity index (χ1) is 14.6. The van der Waals surface area contributed by atoms with Crippen LogP contribution in [0.4, 0.5) is 29.7 Å². The number of urea groups is 1. The predicted molar refractivity (Wildman–Crippen MR) is 108 cm³/mol. The van der Waals surface area contributed by atoms with Crippen molar-refractivity contribution < 1.29 is 22.8 Å². The highest BCUT2D eigenvalue weighted by Gasteiger charge is 2.42. The molecule has 1 N–H and O–H groups in total. The summed E-state index contributed by atoms with van der Waals surface area (Å²) in [4.78, 5) is 39.5. The summed E-state index contributed by atoms with van der Waals surface area (Å²) in [5, 5.41) is 2.98. The minimum Gasteiger partial charge on any atom is -0.310 e. The van der Waals surface area contributed by atoms with Crippen LogP contribution in [0.3, 0.4) is 0 Å². The molecule has 1 fully saturated rings. The van der Waals surface area contributed by atoms with E-state index in [-0.39, 0.29) is 36.8 Å². The number of nitrogens with zero attached hydrogens (tertiary/aromatic N) is 5. The predicted octanol–water partition coefficient (Wildman–Crippen LogP) is 3.84. The third kappa shape index (κ3) is 5.22. The largest absolute Gasteiger partial charge is 0.419 e. The number of amides is 3. The fraction of sp³-hybridized carbons (Fsp3) is 0.421. The van der Waals surface area contributed by atoms with Crippen molar-refractivity contribution >= 4 is 35.3 Å². The van der Waals surface area contributed by atoms with Gasteiger partial charge in [-0.3, -0.25) is 9.69 Å². The van der Waals surface area contributed by atoms with Crippen LogP contribution in [0.2, 0.25) is 5.02 Å². The number of pyridine rings is 1. The molecule has 8 nitrogen and oxygen atoms in total. The summed E-state index contributed by atoms with van der Waals surface area (Å²) in [6.45, 7) is 3.76. The topological polar surface area (TPSA) is 91.3 Å². The van der Waals surface area contributed by atoms with Crippen LogP contribution in [0.5, 0.6) is 0 Å². The molecule has 0 aliphatic carbocycles. The van der Waals surface area contributed by atoms with Gasteiger partial charge in [0.2, 0.25) is 11.9 Å². The van der Waals surface area contributed by atoms with E-state index in [1.807, 2.05) is 13.8 Å². The Morgan fingerprint density at radius 3 is 2.58 bits per heavy atom. The number of nitrogens with one attached hydrogen (secondary N) is 1. The average molecular weight is 457 g/mol. The van der Waals surface area contributed by atoms with Crippen LogP contribution < -0.4 is 10.2 Å². The van der Waals surface area contributed by atoms with E-state index in [0.29, 0.717) is 17.4 Å². The average Bonchev–Trinajstić information content (AvgIpc) is 3.03. The monoisotopic (exact) mass is 456 g/mol. The Morgan fingerprint density at radius 1 is 1.32 bits per heavy atom. The van der Waals surface area contributed by atoms with Crippen molar-refractivity contribution in [1.82, 2.24) is 19.9 Å². The molecule has 0 radical (unpaired) electrons. The first-order valence-corrected chi connectivity index (χ1v) is 9.86. The van der Waals surface area contributed by atoms with Gasteiger partial charge in [0.1, 0.15) is 12.4 Å². The second kappa shape index (κ2) is 9.04. The first kappa shape index (κ1) is 22.7. The summed E-state index contributed by atoms with van der Waals surface area (Å²) in [6.07, 6.45) is -1.15. The standard InChI is InChI=1S/C19H20ClF3N6O2/c1-3-11(2)14-9-29(17-25-7-12(8-26-17)19(21,22)23)18(31)28(14)10-16(30)27-15-6-13(20)4-5-24-15/h4-8,11,14H,3,9-10H2,1-2H3,(H,24,27,30)/t11-,14+/m0/s1. The molecule has 12 heteroatoms. The van der Waals surface area contributed by atoms with E-state index < -0.39 is 23.7 Å². The molecule has 1 aliphatic heterocycles. The van der Waals surface area contributed by atoms with Gasteiger partial charge in [0.05, 0.1) is 18.2 Å². The smallest absolute Gasteiger partial charge is 0.310 e. The lowest BCUT2D eigenvalue weighted by Gasteiger charge is -2.26. The van der Waals surface area contributed by atoms with Gasteiger partial charge >= 0.3 is 12.2 Å². The highest BCUT2D eigenvalue weighted by molar-refractivity contribution is 6.30. The van der Waals surface area contributed by atoms with Gasteiger partial charge in [-0.15, -0.1) is 0 Å². The molecule has 0 aromatic carbocycles. The molecule has 2 aromatic rings. The van der Waals surface area contributed by atoms with E-state index in [9.17, 15) is 22.8 Å². The third-order valence-electron chi connectivity index (χ3n) is 5.06. The van der Waals surface area contributed by atoms with Crippen LogP contribution in [0.15, 0.2) is 30.7 Å². The Kier molecular flexibility index (Phi) is 6.63. The fourth-order valence-electron chi connectivity index (χ4n) is 3.19. The van der Waals surface area contributed by atoms with E-state index in [1.54, 1.807) is 6.07 Å². The normalized spacial score (nSPS) is 17.7. The van der Waals surface area contributed by atoms with Crippen molar-refractivity contribution in [3.05, 3.63) is 41.3 Å². The number of halogens is 4. The van der Waals surface area contributed by atoms with Crippen molar-refractivity contribution in [3.63, 3.8) is 0 Å². The van der Waals surface area contributed by atoms with Crippen molar-refractivity contribution in [2.75, 3.05) is 23.3 Å². The number of rotatable bonds is 6. The molecule has 3 rings (SSSR count). The van der Waals surface area contributed by atoms with E-state index in [0.717, 1.165) is 6.42 Å². The van der Waals surface area contributed by atoms with Crippen LogP contribution in [0, 0.1) is 5.92 Å². The van der Waals surface area contributed by atoms with Crippen molar-refractivity contribution in [3.8, 4) is 0 Å². The van der Waals surface area contributed by atoms with Gasteiger partial charge in [-0.25, -0.2) is 19.7 Å². The van der Waals surface area contributed by atoms with Crippen LogP contribution in [-0.2, 0) is 11.0 Å². The molecule has 1 saturated heterocycles. The van der Waals surface area contributed by atoms with Gasteiger partial charge in [0.15, 0.2) is 0 Å². The minimum absolute atomic E-state index is 0.0282. The molecule has 31 heavy (non-hydrogen) atoms. The van der Waals surface area contributed by atoms with Crippen molar-refractivity contribution in [2.24, 2.45) is 5.92 Å². The van der Waals surface area contributed by atoms with Gasteiger partial charge in [0, 0.05) is 23.6 Å². The van der Waals surface area contributed by atoms with Crippen LogP contribution in [-0.4, -0.2) is 50.9 Å². The minimum atomic E-state index is -4.58. The summed E-state index contributed by atoms with van der Waals surface area (Å²) in [5.74, 6) is -0.356. The summed E-state index contributed by atoms with van der Waals surface area (Å²) < 4.78 is 38.3. The number of hydrogen-bond donors (Lipinski definition) is 1. The summed E-state index contributed by atoms with van der Waals surface area (Å²) in [6, 6.07) is 2.13. The molecule has 3 amide bonds. The fourth-order valence-corrected chi connectivity index (χ4v) is 3.35. The molecule has 0 spiro atoms. The second-order valence-corrected chi connectivity index (χ2v) is 7.59. The molecule has 166 valence electrons. The zero-order chi connectivity index (χ0) is 22.8. The van der Waals surface area contributed by atoms with Gasteiger partial charge in [0.25, 0.3) is 0 Å². The number of carbonyl (C=O) groups is 2. The molecule has 0 bridgehead atoms. The van der Waals surface area contributed by atoms with E-state index >= 15 is 0 Å². The summed E-state index contributed by atoms with van der Waals surface area (Å²) in [5.41, 5.74) is -1.01. The Morgan fingerprint density at radius 2 is 2.00 bits per heavy atom. The SMILES string of the molecule is CC[C@H](C)[C@H]1CN(c2ncc(C(F)(F)F)cn2)C(=O)N1CC(=O)Nc1cc(Cl)ccn1. The highest BCUT2D eigenvalue weighted by atomic mass is 35.5. The molecule has 0 unspecified atom stereocenters. The maximum atomic E-state index is 13.0. The lowest BCUT2D eigenvalue weighted by Crippen LogP contribution is -2.43. The third-order valence-corrected chi connectivity index (χ3v) is 5.29. The quantitative estimate of drug-likeness (QED) is 0.713. The highest BCUT2D eigenvalue weighted by Crippen LogP contribution is 2.30. The zero-order valence-electron chi connectivity index (χ0n) is 16.7. The maximum Gasteiger partial charge on any atom is 0.419 e.